The molecule has 0 aliphatic heterocycles. The summed E-state index contributed by atoms with van der Waals surface area (Å²) < 4.78 is 0. The number of nitrogens with one attached hydrogen (secondary N) is 1. The van der Waals surface area contributed by atoms with Crippen molar-refractivity contribution in [2.24, 2.45) is 0 Å². The van der Waals surface area contributed by atoms with Crippen LogP contribution in [0, 0.1) is 0 Å². The van der Waals surface area contributed by atoms with Crippen LogP contribution in [0.5, 0.6) is 0 Å². The average Bonchev–Trinajstić information content (AvgIpc) is 2.69. The fraction of sp³-hybridized carbons (Fsp3) is 0.182. The number of anilines is 2. The molecule has 0 aliphatic rings. The van der Waals surface area contributed by atoms with E-state index in [9.17, 15) is 9.59 Å². The molecule has 0 saturated heterocycles. The molecule has 26 heavy (non-hydrogen) atoms. The lowest BCUT2D eigenvalue weighted by Crippen LogP contribution is -2.30. The van der Waals surface area contributed by atoms with Gasteiger partial charge in [0, 0.05) is 29.6 Å². The number of hydrogen-bond donors (Lipinski definition) is 1. The van der Waals surface area contributed by atoms with E-state index in [1.165, 1.54) is 0 Å². The van der Waals surface area contributed by atoms with E-state index in [-0.39, 0.29) is 11.8 Å². The zero-order valence-corrected chi connectivity index (χ0v) is 15.0. The van der Waals surface area contributed by atoms with Gasteiger partial charge in [-0.15, -0.1) is 0 Å². The second-order valence-electron chi connectivity index (χ2n) is 6.03. The standard InChI is InChI=1S/C22H22N2O2/c1-3-21(25)23-18-14-12-17(13-15-18)22(26)24(4-2)20-11-7-9-16-8-5-6-10-19(16)20/h5-15H,3-4H2,1-2H3,(H,23,25). The van der Waals surface area contributed by atoms with E-state index in [2.05, 4.69) is 5.32 Å². The minimum atomic E-state index is -0.0581. The van der Waals surface area contributed by atoms with E-state index in [1.54, 1.807) is 36.1 Å². The summed E-state index contributed by atoms with van der Waals surface area (Å²) >= 11 is 0. The Labute approximate surface area is 153 Å². The second kappa shape index (κ2) is 7.83. The molecule has 4 nitrogen and oxygen atoms in total. The van der Waals surface area contributed by atoms with Gasteiger partial charge in [-0.2, -0.15) is 0 Å². The molecule has 0 bridgehead atoms. The monoisotopic (exact) mass is 346 g/mol. The smallest absolute Gasteiger partial charge is 0.258 e. The van der Waals surface area contributed by atoms with E-state index in [0.717, 1.165) is 16.5 Å². The number of amides is 2. The number of carbonyl (C=O) groups is 2. The van der Waals surface area contributed by atoms with E-state index in [1.807, 2.05) is 49.4 Å². The van der Waals surface area contributed by atoms with Gasteiger partial charge in [0.1, 0.15) is 0 Å². The molecule has 0 radical (unpaired) electrons. The number of rotatable bonds is 5. The third kappa shape index (κ3) is 3.59. The van der Waals surface area contributed by atoms with Crippen molar-refractivity contribution in [2.75, 3.05) is 16.8 Å². The summed E-state index contributed by atoms with van der Waals surface area (Å²) in [6.45, 7) is 4.34. The van der Waals surface area contributed by atoms with Crippen molar-refractivity contribution in [3.63, 3.8) is 0 Å². The van der Waals surface area contributed by atoms with Gasteiger partial charge in [-0.05, 0) is 42.6 Å². The van der Waals surface area contributed by atoms with Crippen LogP contribution in [0.15, 0.2) is 66.7 Å². The highest BCUT2D eigenvalue weighted by Crippen LogP contribution is 2.28. The van der Waals surface area contributed by atoms with Crippen LogP contribution in [0.4, 0.5) is 11.4 Å². The predicted molar refractivity (Wildman–Crippen MR) is 107 cm³/mol. The van der Waals surface area contributed by atoms with Crippen LogP contribution in [0.2, 0.25) is 0 Å². The van der Waals surface area contributed by atoms with Gasteiger partial charge in [-0.25, -0.2) is 0 Å². The third-order valence-corrected chi connectivity index (χ3v) is 4.36. The molecule has 0 unspecified atom stereocenters. The number of nitrogens with zero attached hydrogens (tertiary/aromatic N) is 1. The molecule has 3 aromatic carbocycles. The molecule has 0 heterocycles. The highest BCUT2D eigenvalue weighted by atomic mass is 16.2. The Morgan fingerprint density at radius 2 is 1.58 bits per heavy atom. The molecule has 3 rings (SSSR count). The SMILES string of the molecule is CCC(=O)Nc1ccc(C(=O)N(CC)c2cccc3ccccc23)cc1. The number of carbonyl (C=O) groups excluding carboxylic acids is 2. The third-order valence-electron chi connectivity index (χ3n) is 4.36. The Bertz CT molecular complexity index is 927. The first-order chi connectivity index (χ1) is 12.6. The lowest BCUT2D eigenvalue weighted by Gasteiger charge is -2.23. The number of hydrogen-bond acceptors (Lipinski definition) is 2. The van der Waals surface area contributed by atoms with E-state index < -0.39 is 0 Å². The molecule has 3 aromatic rings. The first-order valence-corrected chi connectivity index (χ1v) is 8.83. The number of fused-ring (bicyclic) bond motifs is 1. The summed E-state index contributed by atoms with van der Waals surface area (Å²) in [5.74, 6) is -0.104. The molecule has 2 amide bonds. The summed E-state index contributed by atoms with van der Waals surface area (Å²) in [5, 5.41) is 4.95. The maximum Gasteiger partial charge on any atom is 0.258 e. The maximum absolute atomic E-state index is 13.0. The summed E-state index contributed by atoms with van der Waals surface area (Å²) in [6.07, 6.45) is 0.422. The largest absolute Gasteiger partial charge is 0.326 e. The van der Waals surface area contributed by atoms with Crippen LogP contribution in [0.25, 0.3) is 10.8 Å². The van der Waals surface area contributed by atoms with E-state index in [4.69, 9.17) is 0 Å². The van der Waals surface area contributed by atoms with Crippen molar-refractivity contribution >= 4 is 34.0 Å². The molecule has 0 aliphatic carbocycles. The van der Waals surface area contributed by atoms with Crippen molar-refractivity contribution in [1.29, 1.82) is 0 Å². The van der Waals surface area contributed by atoms with Crippen LogP contribution in [0.3, 0.4) is 0 Å². The summed E-state index contributed by atoms with van der Waals surface area (Å²) in [7, 11) is 0. The van der Waals surface area contributed by atoms with Crippen molar-refractivity contribution < 1.29 is 9.59 Å². The lowest BCUT2D eigenvalue weighted by molar-refractivity contribution is -0.115. The average molecular weight is 346 g/mol. The van der Waals surface area contributed by atoms with Gasteiger partial charge < -0.3 is 10.2 Å². The minimum Gasteiger partial charge on any atom is -0.326 e. The molecule has 0 fully saturated rings. The normalized spacial score (nSPS) is 10.5. The van der Waals surface area contributed by atoms with E-state index in [0.29, 0.717) is 24.2 Å². The summed E-state index contributed by atoms with van der Waals surface area (Å²) in [4.78, 5) is 26.3. The molecule has 132 valence electrons. The molecule has 4 heteroatoms. The Kier molecular flexibility index (Phi) is 5.32. The van der Waals surface area contributed by atoms with Crippen LogP contribution in [0.1, 0.15) is 30.6 Å². The topological polar surface area (TPSA) is 49.4 Å². The molecule has 0 atom stereocenters. The Balaban J connectivity index is 1.90. The Hall–Kier alpha value is -3.14. The lowest BCUT2D eigenvalue weighted by atomic mass is 10.1. The van der Waals surface area contributed by atoms with Gasteiger partial charge in [-0.1, -0.05) is 43.3 Å². The number of benzene rings is 3. The van der Waals surface area contributed by atoms with Crippen molar-refractivity contribution in [3.8, 4) is 0 Å². The minimum absolute atomic E-state index is 0.0463. The molecule has 0 spiro atoms. The van der Waals surface area contributed by atoms with Gasteiger partial charge in [-0.3, -0.25) is 9.59 Å². The quantitative estimate of drug-likeness (QED) is 0.717. The summed E-state index contributed by atoms with van der Waals surface area (Å²) in [5.41, 5.74) is 2.19. The van der Waals surface area contributed by atoms with Gasteiger partial charge in [0.15, 0.2) is 0 Å². The van der Waals surface area contributed by atoms with Gasteiger partial charge in [0.05, 0.1) is 5.69 Å². The first kappa shape index (κ1) is 17.7. The molecule has 0 aromatic heterocycles. The van der Waals surface area contributed by atoms with Gasteiger partial charge in [0.2, 0.25) is 5.91 Å². The molecule has 0 saturated carbocycles. The maximum atomic E-state index is 13.0. The zero-order chi connectivity index (χ0) is 18.5. The fourth-order valence-electron chi connectivity index (χ4n) is 2.97. The van der Waals surface area contributed by atoms with Gasteiger partial charge >= 0.3 is 0 Å². The second-order valence-corrected chi connectivity index (χ2v) is 6.03. The summed E-state index contributed by atoms with van der Waals surface area (Å²) in [6, 6.07) is 21.1. The first-order valence-electron chi connectivity index (χ1n) is 8.83. The van der Waals surface area contributed by atoms with Crippen molar-refractivity contribution in [1.82, 2.24) is 0 Å². The Morgan fingerprint density at radius 3 is 2.27 bits per heavy atom. The van der Waals surface area contributed by atoms with Gasteiger partial charge in [0.25, 0.3) is 5.91 Å². The fourth-order valence-corrected chi connectivity index (χ4v) is 2.97. The Morgan fingerprint density at radius 1 is 0.885 bits per heavy atom. The van der Waals surface area contributed by atoms with Crippen LogP contribution >= 0.6 is 0 Å². The molecular weight excluding hydrogens is 324 g/mol. The van der Waals surface area contributed by atoms with Crippen LogP contribution in [-0.2, 0) is 4.79 Å². The van der Waals surface area contributed by atoms with Crippen LogP contribution in [-0.4, -0.2) is 18.4 Å². The molecule has 1 N–H and O–H groups in total. The predicted octanol–water partition coefficient (Wildman–Crippen LogP) is 4.86. The highest BCUT2D eigenvalue weighted by Gasteiger charge is 2.18. The zero-order valence-electron chi connectivity index (χ0n) is 15.0. The van der Waals surface area contributed by atoms with Crippen molar-refractivity contribution in [2.45, 2.75) is 20.3 Å². The van der Waals surface area contributed by atoms with Crippen molar-refractivity contribution in [3.05, 3.63) is 72.3 Å². The van der Waals surface area contributed by atoms with Crippen LogP contribution < -0.4 is 10.2 Å². The van der Waals surface area contributed by atoms with E-state index >= 15 is 0 Å². The highest BCUT2D eigenvalue weighted by molar-refractivity contribution is 6.11. The molecular formula is C22H22N2O2.